The van der Waals surface area contributed by atoms with Crippen LogP contribution in [-0.4, -0.2) is 29.9 Å². The van der Waals surface area contributed by atoms with Gasteiger partial charge in [-0.05, 0) is 34.9 Å². The van der Waals surface area contributed by atoms with Gasteiger partial charge in [0.2, 0.25) is 0 Å². The molecule has 0 fully saturated rings. The summed E-state index contributed by atoms with van der Waals surface area (Å²) in [5, 5.41) is 0. The Morgan fingerprint density at radius 3 is 1.12 bits per heavy atom. The summed E-state index contributed by atoms with van der Waals surface area (Å²) in [5.74, 6) is 5.31. The van der Waals surface area contributed by atoms with Crippen molar-refractivity contribution in [3.05, 3.63) is 229 Å². The van der Waals surface area contributed by atoms with Crippen molar-refractivity contribution in [2.45, 2.75) is 19.3 Å². The van der Waals surface area contributed by atoms with E-state index < -0.39 is 5.41 Å². The van der Waals surface area contributed by atoms with Crippen molar-refractivity contribution in [1.82, 2.24) is 29.9 Å². The minimum Gasteiger partial charge on any atom is -0.457 e. The zero-order valence-corrected chi connectivity index (χ0v) is 35.4. The number of aromatic nitrogens is 6. The molecule has 0 atom stereocenters. The summed E-state index contributed by atoms with van der Waals surface area (Å²) in [6.07, 6.45) is 6.05. The van der Waals surface area contributed by atoms with Crippen LogP contribution in [0, 0.1) is 0 Å². The van der Waals surface area contributed by atoms with E-state index in [0.717, 1.165) is 72.7 Å². The third-order valence-corrected chi connectivity index (χ3v) is 11.5. The lowest BCUT2D eigenvalue weighted by atomic mass is 9.74. The Labute approximate surface area is 373 Å². The molecule has 0 radical (unpaired) electrons. The SMILES string of the molecule is C=CC1=C(/C=C/c2ccc(-c3nc(-c4ccccc4)nc(-c4ccccc4)n3)cc2)C(C)(C)c2cc(-c3ccc(-c4nc(-c5ccccc5)nc(-c5ccccc5)n4)cc3)ccc2O1. The third kappa shape index (κ3) is 8.06. The van der Waals surface area contributed by atoms with Gasteiger partial charge in [-0.25, -0.2) is 29.9 Å². The average Bonchev–Trinajstić information content (AvgIpc) is 3.37. The molecule has 3 heterocycles. The lowest BCUT2D eigenvalue weighted by Gasteiger charge is -2.35. The second kappa shape index (κ2) is 17.2. The Morgan fingerprint density at radius 2 is 0.734 bits per heavy atom. The number of fused-ring (bicyclic) bond motifs is 1. The van der Waals surface area contributed by atoms with E-state index in [2.05, 4.69) is 99.3 Å². The van der Waals surface area contributed by atoms with Crippen LogP contribution in [0.25, 0.3) is 85.5 Å². The molecule has 7 heteroatoms. The first kappa shape index (κ1) is 39.7. The Bertz CT molecular complexity index is 3070. The van der Waals surface area contributed by atoms with E-state index in [4.69, 9.17) is 34.6 Å². The molecule has 0 saturated heterocycles. The maximum absolute atomic E-state index is 6.52. The van der Waals surface area contributed by atoms with Gasteiger partial charge in [0, 0.05) is 49.9 Å². The summed E-state index contributed by atoms with van der Waals surface area (Å²) >= 11 is 0. The van der Waals surface area contributed by atoms with E-state index in [1.54, 1.807) is 6.08 Å². The van der Waals surface area contributed by atoms with Crippen LogP contribution in [0.1, 0.15) is 25.0 Å². The number of nitrogens with zero attached hydrogens (tertiary/aromatic N) is 6. The molecular formula is C57H42N6O. The van der Waals surface area contributed by atoms with Crippen LogP contribution in [0.4, 0.5) is 0 Å². The predicted molar refractivity (Wildman–Crippen MR) is 258 cm³/mol. The van der Waals surface area contributed by atoms with E-state index in [0.29, 0.717) is 34.9 Å². The Morgan fingerprint density at radius 1 is 0.391 bits per heavy atom. The molecule has 0 amide bonds. The summed E-state index contributed by atoms with van der Waals surface area (Å²) in [4.78, 5) is 29.3. The summed E-state index contributed by atoms with van der Waals surface area (Å²) in [6.45, 7) is 8.59. The molecule has 0 spiro atoms. The summed E-state index contributed by atoms with van der Waals surface area (Å²) < 4.78 is 6.52. The molecule has 10 rings (SSSR count). The molecule has 1 aliphatic rings. The minimum absolute atomic E-state index is 0.400. The van der Waals surface area contributed by atoms with E-state index in [9.17, 15) is 0 Å². The molecule has 1 aliphatic heterocycles. The van der Waals surface area contributed by atoms with Crippen LogP contribution >= 0.6 is 0 Å². The number of hydrogen-bond acceptors (Lipinski definition) is 7. The van der Waals surface area contributed by atoms with Crippen molar-refractivity contribution in [3.63, 3.8) is 0 Å². The van der Waals surface area contributed by atoms with Gasteiger partial charge in [-0.3, -0.25) is 0 Å². The van der Waals surface area contributed by atoms with Crippen LogP contribution in [0.5, 0.6) is 5.75 Å². The minimum atomic E-state index is -0.400. The molecule has 2 aromatic heterocycles. The van der Waals surface area contributed by atoms with Gasteiger partial charge in [0.15, 0.2) is 34.9 Å². The molecule has 0 bridgehead atoms. The average molecular weight is 827 g/mol. The van der Waals surface area contributed by atoms with Crippen LogP contribution in [0.2, 0.25) is 0 Å². The number of allylic oxidation sites excluding steroid dienone is 3. The zero-order valence-electron chi connectivity index (χ0n) is 35.4. The van der Waals surface area contributed by atoms with Gasteiger partial charge in [0.05, 0.1) is 0 Å². The standard InChI is InChI=1S/C57H42N6O/c1-4-49-47(35-27-38-25-28-44(29-26-38)55-60-51(40-17-9-5-10-18-40)58-52(61-55)41-19-11-6-12-20-41)57(2,3)48-37-46(34-36-50(48)64-49)39-30-32-45(33-31-39)56-62-53(42-21-13-7-14-22-42)59-54(63-56)43-23-15-8-16-24-43/h4-37H,1H2,2-3H3/b35-27+. The molecule has 0 aliphatic carbocycles. The predicted octanol–water partition coefficient (Wildman–Crippen LogP) is 13.5. The third-order valence-electron chi connectivity index (χ3n) is 11.5. The molecule has 0 unspecified atom stereocenters. The zero-order chi connectivity index (χ0) is 43.5. The second-order valence-electron chi connectivity index (χ2n) is 16.0. The molecule has 9 aromatic rings. The van der Waals surface area contributed by atoms with Crippen molar-refractivity contribution in [1.29, 1.82) is 0 Å². The van der Waals surface area contributed by atoms with Gasteiger partial charge in [-0.1, -0.05) is 209 Å². The Balaban J connectivity index is 0.918. The van der Waals surface area contributed by atoms with Gasteiger partial charge < -0.3 is 4.74 Å². The van der Waals surface area contributed by atoms with Crippen molar-refractivity contribution >= 4 is 6.08 Å². The number of benzene rings is 7. The Hall–Kier alpha value is -8.42. The molecule has 7 nitrogen and oxygen atoms in total. The van der Waals surface area contributed by atoms with Gasteiger partial charge >= 0.3 is 0 Å². The maximum Gasteiger partial charge on any atom is 0.164 e. The molecular weight excluding hydrogens is 785 g/mol. The monoisotopic (exact) mass is 826 g/mol. The smallest absolute Gasteiger partial charge is 0.164 e. The van der Waals surface area contributed by atoms with Gasteiger partial charge in [0.25, 0.3) is 0 Å². The van der Waals surface area contributed by atoms with E-state index >= 15 is 0 Å². The van der Waals surface area contributed by atoms with Crippen molar-refractivity contribution in [2.75, 3.05) is 0 Å². The maximum atomic E-state index is 6.52. The fraction of sp³-hybridized carbons (Fsp3) is 0.0526. The lowest BCUT2D eigenvalue weighted by Crippen LogP contribution is -2.27. The molecule has 7 aromatic carbocycles. The topological polar surface area (TPSA) is 86.6 Å². The quantitative estimate of drug-likeness (QED) is 0.136. The van der Waals surface area contributed by atoms with Crippen molar-refractivity contribution in [3.8, 4) is 85.2 Å². The normalized spacial score (nSPS) is 13.0. The molecule has 0 saturated carbocycles. The highest BCUT2D eigenvalue weighted by molar-refractivity contribution is 5.74. The van der Waals surface area contributed by atoms with E-state index in [-0.39, 0.29) is 0 Å². The molecule has 306 valence electrons. The molecule has 64 heavy (non-hydrogen) atoms. The van der Waals surface area contributed by atoms with Crippen molar-refractivity contribution in [2.24, 2.45) is 0 Å². The molecule has 0 N–H and O–H groups in total. The second-order valence-corrected chi connectivity index (χ2v) is 16.0. The fourth-order valence-electron chi connectivity index (χ4n) is 7.97. The van der Waals surface area contributed by atoms with Crippen LogP contribution in [0.15, 0.2) is 218 Å². The largest absolute Gasteiger partial charge is 0.457 e. The van der Waals surface area contributed by atoms with E-state index in [1.165, 1.54) is 0 Å². The first-order chi connectivity index (χ1) is 31.4. The summed E-state index contributed by atoms with van der Waals surface area (Å²) in [7, 11) is 0. The number of hydrogen-bond donors (Lipinski definition) is 0. The van der Waals surface area contributed by atoms with E-state index in [1.807, 2.05) is 121 Å². The van der Waals surface area contributed by atoms with Gasteiger partial charge in [0.1, 0.15) is 11.5 Å². The summed E-state index contributed by atoms with van der Waals surface area (Å²) in [6, 6.07) is 63.2. The number of ether oxygens (including phenoxy) is 1. The number of rotatable bonds is 10. The van der Waals surface area contributed by atoms with Crippen LogP contribution < -0.4 is 4.74 Å². The van der Waals surface area contributed by atoms with Gasteiger partial charge in [-0.2, -0.15) is 0 Å². The highest BCUT2D eigenvalue weighted by Crippen LogP contribution is 2.46. The first-order valence-electron chi connectivity index (χ1n) is 21.2. The highest BCUT2D eigenvalue weighted by atomic mass is 16.5. The first-order valence-corrected chi connectivity index (χ1v) is 21.2. The van der Waals surface area contributed by atoms with Crippen LogP contribution in [0.3, 0.4) is 0 Å². The Kier molecular flexibility index (Phi) is 10.6. The fourth-order valence-corrected chi connectivity index (χ4v) is 7.97. The highest BCUT2D eigenvalue weighted by Gasteiger charge is 2.34. The summed E-state index contributed by atoms with van der Waals surface area (Å²) in [5.41, 5.74) is 10.5. The van der Waals surface area contributed by atoms with Gasteiger partial charge in [-0.15, -0.1) is 0 Å². The van der Waals surface area contributed by atoms with Crippen LogP contribution in [-0.2, 0) is 5.41 Å². The lowest BCUT2D eigenvalue weighted by molar-refractivity contribution is 0.388. The van der Waals surface area contributed by atoms with Crippen molar-refractivity contribution < 1.29 is 4.74 Å².